The Balaban J connectivity index is 2.34. The third-order valence-electron chi connectivity index (χ3n) is 3.62. The van der Waals surface area contributed by atoms with Gasteiger partial charge in [0.1, 0.15) is 0 Å². The zero-order valence-corrected chi connectivity index (χ0v) is 10.2. The largest absolute Gasteiger partial charge is 0.354 e. The van der Waals surface area contributed by atoms with Gasteiger partial charge in [0.25, 0.3) is 0 Å². The molecule has 0 bridgehead atoms. The van der Waals surface area contributed by atoms with Crippen LogP contribution in [0.5, 0.6) is 0 Å². The summed E-state index contributed by atoms with van der Waals surface area (Å²) in [4.78, 5) is 11.8. The summed E-state index contributed by atoms with van der Waals surface area (Å²) in [7, 11) is 0. The first-order chi connectivity index (χ1) is 7.02. The monoisotopic (exact) mass is 212 g/mol. The van der Waals surface area contributed by atoms with E-state index in [9.17, 15) is 4.79 Å². The third-order valence-corrected chi connectivity index (χ3v) is 3.62. The van der Waals surface area contributed by atoms with Gasteiger partial charge in [0.05, 0.1) is 5.54 Å². The molecule has 0 aromatic heterocycles. The van der Waals surface area contributed by atoms with Crippen molar-refractivity contribution in [1.29, 1.82) is 0 Å². The van der Waals surface area contributed by atoms with Gasteiger partial charge >= 0.3 is 0 Å². The molecule has 1 amide bonds. The van der Waals surface area contributed by atoms with Crippen LogP contribution < -0.4 is 11.1 Å². The minimum Gasteiger partial charge on any atom is -0.354 e. The van der Waals surface area contributed by atoms with E-state index in [0.29, 0.717) is 11.8 Å². The molecule has 1 saturated carbocycles. The molecule has 0 radical (unpaired) electrons. The van der Waals surface area contributed by atoms with Crippen molar-refractivity contribution >= 4 is 5.91 Å². The summed E-state index contributed by atoms with van der Waals surface area (Å²) in [6.07, 6.45) is 4.43. The molecule has 3 heteroatoms. The Bertz CT molecular complexity index is 218. The fraction of sp³-hybridized carbons (Fsp3) is 0.917. The molecule has 0 aliphatic heterocycles. The van der Waals surface area contributed by atoms with Crippen LogP contribution in [0.4, 0.5) is 0 Å². The van der Waals surface area contributed by atoms with E-state index in [1.54, 1.807) is 0 Å². The van der Waals surface area contributed by atoms with E-state index in [2.05, 4.69) is 19.2 Å². The molecule has 0 aromatic carbocycles. The van der Waals surface area contributed by atoms with Crippen LogP contribution in [0, 0.1) is 11.8 Å². The quantitative estimate of drug-likeness (QED) is 0.703. The van der Waals surface area contributed by atoms with Gasteiger partial charge in [-0.1, -0.05) is 26.7 Å². The van der Waals surface area contributed by atoms with E-state index in [4.69, 9.17) is 5.73 Å². The molecule has 0 aromatic rings. The molecule has 1 aliphatic rings. The molecule has 3 N–H and O–H groups in total. The topological polar surface area (TPSA) is 55.1 Å². The van der Waals surface area contributed by atoms with Gasteiger partial charge in [-0.2, -0.15) is 0 Å². The molecular formula is C12H24N2O. The highest BCUT2D eigenvalue weighted by Crippen LogP contribution is 2.38. The SMILES string of the molecule is CCC(CC)CNC(=O)C(C)(N)C1CC1. The Morgan fingerprint density at radius 3 is 2.40 bits per heavy atom. The standard InChI is InChI=1S/C12H24N2O/c1-4-9(5-2)8-14-11(15)12(3,13)10-6-7-10/h9-10H,4-8,13H2,1-3H3,(H,14,15). The van der Waals surface area contributed by atoms with E-state index in [0.717, 1.165) is 32.2 Å². The molecule has 0 spiro atoms. The van der Waals surface area contributed by atoms with Gasteiger partial charge in [-0.15, -0.1) is 0 Å². The average Bonchev–Trinajstić information content (AvgIpc) is 3.02. The van der Waals surface area contributed by atoms with E-state index in [1.807, 2.05) is 6.92 Å². The van der Waals surface area contributed by atoms with Gasteiger partial charge in [0, 0.05) is 6.54 Å². The molecule has 1 fully saturated rings. The summed E-state index contributed by atoms with van der Waals surface area (Å²) in [5.74, 6) is 1.01. The van der Waals surface area contributed by atoms with Gasteiger partial charge in [0.15, 0.2) is 0 Å². The Morgan fingerprint density at radius 2 is 2.00 bits per heavy atom. The van der Waals surface area contributed by atoms with Crippen molar-refractivity contribution in [2.45, 2.75) is 52.0 Å². The van der Waals surface area contributed by atoms with E-state index in [1.165, 1.54) is 0 Å². The normalized spacial score (nSPS) is 20.1. The van der Waals surface area contributed by atoms with Crippen LogP contribution in [0.2, 0.25) is 0 Å². The number of nitrogens with one attached hydrogen (secondary N) is 1. The Hall–Kier alpha value is -0.570. The van der Waals surface area contributed by atoms with Crippen molar-refractivity contribution in [3.63, 3.8) is 0 Å². The van der Waals surface area contributed by atoms with Crippen LogP contribution in [-0.2, 0) is 4.79 Å². The maximum absolute atomic E-state index is 11.8. The highest BCUT2D eigenvalue weighted by molar-refractivity contribution is 5.86. The summed E-state index contributed by atoms with van der Waals surface area (Å²) in [5, 5.41) is 2.98. The van der Waals surface area contributed by atoms with E-state index in [-0.39, 0.29) is 5.91 Å². The number of hydrogen-bond acceptors (Lipinski definition) is 2. The van der Waals surface area contributed by atoms with Crippen LogP contribution in [-0.4, -0.2) is 18.0 Å². The highest BCUT2D eigenvalue weighted by atomic mass is 16.2. The predicted octanol–water partition coefficient (Wildman–Crippen LogP) is 1.67. The van der Waals surface area contributed by atoms with E-state index < -0.39 is 5.54 Å². The lowest BCUT2D eigenvalue weighted by Gasteiger charge is -2.24. The number of nitrogens with two attached hydrogens (primary N) is 1. The van der Waals surface area contributed by atoms with Crippen molar-refractivity contribution in [3.8, 4) is 0 Å². The Labute approximate surface area is 92.8 Å². The first-order valence-corrected chi connectivity index (χ1v) is 6.09. The molecule has 1 atom stereocenters. The van der Waals surface area contributed by atoms with Crippen molar-refractivity contribution in [1.82, 2.24) is 5.32 Å². The lowest BCUT2D eigenvalue weighted by Crippen LogP contribution is -2.54. The van der Waals surface area contributed by atoms with Gasteiger partial charge in [-0.25, -0.2) is 0 Å². The Kier molecular flexibility index (Phi) is 4.14. The molecule has 15 heavy (non-hydrogen) atoms. The van der Waals surface area contributed by atoms with Gasteiger partial charge in [-0.3, -0.25) is 4.79 Å². The average molecular weight is 212 g/mol. The first kappa shape index (κ1) is 12.5. The molecule has 3 nitrogen and oxygen atoms in total. The van der Waals surface area contributed by atoms with Gasteiger partial charge in [0.2, 0.25) is 5.91 Å². The van der Waals surface area contributed by atoms with Crippen molar-refractivity contribution in [2.24, 2.45) is 17.6 Å². The maximum Gasteiger partial charge on any atom is 0.240 e. The van der Waals surface area contributed by atoms with Crippen molar-refractivity contribution < 1.29 is 4.79 Å². The first-order valence-electron chi connectivity index (χ1n) is 6.09. The lowest BCUT2D eigenvalue weighted by atomic mass is 9.95. The number of carbonyl (C=O) groups excluding carboxylic acids is 1. The number of amides is 1. The zero-order valence-electron chi connectivity index (χ0n) is 10.2. The zero-order chi connectivity index (χ0) is 11.5. The van der Waals surface area contributed by atoms with Gasteiger partial charge < -0.3 is 11.1 Å². The number of rotatable bonds is 6. The summed E-state index contributed by atoms with van der Waals surface area (Å²) in [6.45, 7) is 6.93. The molecule has 1 unspecified atom stereocenters. The third kappa shape index (κ3) is 3.20. The molecule has 0 saturated heterocycles. The van der Waals surface area contributed by atoms with Crippen LogP contribution in [0.15, 0.2) is 0 Å². The summed E-state index contributed by atoms with van der Waals surface area (Å²) in [5.41, 5.74) is 5.38. The summed E-state index contributed by atoms with van der Waals surface area (Å²) < 4.78 is 0. The van der Waals surface area contributed by atoms with E-state index >= 15 is 0 Å². The second-order valence-corrected chi connectivity index (χ2v) is 4.95. The van der Waals surface area contributed by atoms with Crippen LogP contribution >= 0.6 is 0 Å². The molecule has 0 heterocycles. The second-order valence-electron chi connectivity index (χ2n) is 4.95. The minimum atomic E-state index is -0.647. The summed E-state index contributed by atoms with van der Waals surface area (Å²) >= 11 is 0. The lowest BCUT2D eigenvalue weighted by molar-refractivity contribution is -0.126. The smallest absolute Gasteiger partial charge is 0.240 e. The molecular weight excluding hydrogens is 188 g/mol. The molecule has 1 aliphatic carbocycles. The van der Waals surface area contributed by atoms with Crippen LogP contribution in [0.1, 0.15) is 46.5 Å². The number of carbonyl (C=O) groups is 1. The highest BCUT2D eigenvalue weighted by Gasteiger charge is 2.43. The molecule has 88 valence electrons. The Morgan fingerprint density at radius 1 is 1.47 bits per heavy atom. The molecule has 1 rings (SSSR count). The van der Waals surface area contributed by atoms with Crippen molar-refractivity contribution in [2.75, 3.05) is 6.54 Å². The van der Waals surface area contributed by atoms with Gasteiger partial charge in [-0.05, 0) is 31.6 Å². The number of hydrogen-bond donors (Lipinski definition) is 2. The van der Waals surface area contributed by atoms with Crippen LogP contribution in [0.25, 0.3) is 0 Å². The maximum atomic E-state index is 11.8. The predicted molar refractivity (Wildman–Crippen MR) is 62.4 cm³/mol. The van der Waals surface area contributed by atoms with Crippen LogP contribution in [0.3, 0.4) is 0 Å². The fourth-order valence-electron chi connectivity index (χ4n) is 1.87. The second kappa shape index (κ2) is 4.97. The minimum absolute atomic E-state index is 0.0249. The fourth-order valence-corrected chi connectivity index (χ4v) is 1.87. The summed E-state index contributed by atoms with van der Waals surface area (Å²) in [6, 6.07) is 0. The van der Waals surface area contributed by atoms with Crippen molar-refractivity contribution in [3.05, 3.63) is 0 Å².